The minimum Gasteiger partial charge on any atom is -0.507 e. The number of nitrogens with one attached hydrogen (secondary N) is 1. The molecule has 1 saturated heterocycles. The monoisotopic (exact) mass is 308 g/mol. The number of piperazine rings is 1. The van der Waals surface area contributed by atoms with Crippen LogP contribution in [0, 0.1) is 0 Å². The molecule has 22 heavy (non-hydrogen) atoms. The van der Waals surface area contributed by atoms with E-state index in [2.05, 4.69) is 15.0 Å². The van der Waals surface area contributed by atoms with Crippen LogP contribution in [0.3, 0.4) is 0 Å². The number of unbranched alkanes of at least 4 members (excludes halogenated alkanes) is 1. The van der Waals surface area contributed by atoms with Gasteiger partial charge in [-0.1, -0.05) is 6.07 Å². The third-order valence-electron chi connectivity index (χ3n) is 3.73. The van der Waals surface area contributed by atoms with E-state index in [0.29, 0.717) is 12.4 Å². The Labute approximate surface area is 131 Å². The molecule has 1 aliphatic heterocycles. The maximum Gasteiger partial charge on any atom is 0.345 e. The van der Waals surface area contributed by atoms with Gasteiger partial charge in [0.15, 0.2) is 0 Å². The molecule has 0 atom stereocenters. The molecule has 1 aromatic carbocycles. The van der Waals surface area contributed by atoms with Crippen molar-refractivity contribution in [2.75, 3.05) is 46.4 Å². The summed E-state index contributed by atoms with van der Waals surface area (Å²) in [6, 6.07) is 4.77. The highest BCUT2D eigenvalue weighted by Gasteiger charge is 2.18. The maximum atomic E-state index is 11.7. The topological polar surface area (TPSA) is 71.0 Å². The van der Waals surface area contributed by atoms with Crippen LogP contribution in [0.5, 0.6) is 11.5 Å². The average Bonchev–Trinajstić information content (AvgIpc) is 2.55. The fraction of sp³-hybridized carbons (Fsp3) is 0.562. The number of rotatable bonds is 7. The third-order valence-corrected chi connectivity index (χ3v) is 3.73. The van der Waals surface area contributed by atoms with E-state index in [1.54, 1.807) is 12.1 Å². The van der Waals surface area contributed by atoms with E-state index in [1.165, 1.54) is 13.2 Å². The summed E-state index contributed by atoms with van der Waals surface area (Å²) in [6.07, 6.45) is 1.95. The smallest absolute Gasteiger partial charge is 0.345 e. The Kier molecular flexibility index (Phi) is 6.48. The first kappa shape index (κ1) is 16.6. The molecule has 0 aliphatic carbocycles. The Morgan fingerprint density at radius 1 is 1.32 bits per heavy atom. The van der Waals surface area contributed by atoms with Crippen LogP contribution >= 0.6 is 0 Å². The number of carbonyl (C=O) groups excluding carboxylic acids is 1. The minimum absolute atomic E-state index is 0.0899. The molecule has 6 heteroatoms. The van der Waals surface area contributed by atoms with Crippen LogP contribution in [-0.4, -0.2) is 62.4 Å². The lowest BCUT2D eigenvalue weighted by Gasteiger charge is -2.27. The number of methoxy groups -OCH3 is 1. The summed E-state index contributed by atoms with van der Waals surface area (Å²) >= 11 is 0. The number of phenols is 1. The summed E-state index contributed by atoms with van der Waals surface area (Å²) in [5, 5.41) is 13.1. The zero-order valence-electron chi connectivity index (χ0n) is 13.0. The molecule has 1 aromatic rings. The van der Waals surface area contributed by atoms with Gasteiger partial charge in [-0.25, -0.2) is 4.79 Å². The number of esters is 1. The van der Waals surface area contributed by atoms with Crippen molar-refractivity contribution >= 4 is 5.97 Å². The highest BCUT2D eigenvalue weighted by Crippen LogP contribution is 2.28. The number of nitrogens with zero attached hydrogens (tertiary/aromatic N) is 1. The van der Waals surface area contributed by atoms with E-state index in [9.17, 15) is 9.90 Å². The largest absolute Gasteiger partial charge is 0.507 e. The third kappa shape index (κ3) is 4.61. The second kappa shape index (κ2) is 8.60. The van der Waals surface area contributed by atoms with Crippen molar-refractivity contribution in [3.63, 3.8) is 0 Å². The molecule has 0 bridgehead atoms. The highest BCUT2D eigenvalue weighted by atomic mass is 16.5. The molecule has 122 valence electrons. The van der Waals surface area contributed by atoms with Crippen LogP contribution in [0.25, 0.3) is 0 Å². The van der Waals surface area contributed by atoms with Crippen LogP contribution in [0.15, 0.2) is 18.2 Å². The van der Waals surface area contributed by atoms with Crippen molar-refractivity contribution in [1.29, 1.82) is 0 Å². The molecule has 1 fully saturated rings. The molecule has 0 aromatic heterocycles. The molecule has 0 unspecified atom stereocenters. The van der Waals surface area contributed by atoms with Crippen LogP contribution < -0.4 is 10.1 Å². The number of carbonyl (C=O) groups is 1. The van der Waals surface area contributed by atoms with Crippen molar-refractivity contribution in [3.05, 3.63) is 23.8 Å². The van der Waals surface area contributed by atoms with Gasteiger partial charge in [0.05, 0.1) is 13.7 Å². The van der Waals surface area contributed by atoms with E-state index in [0.717, 1.165) is 45.6 Å². The van der Waals surface area contributed by atoms with E-state index in [4.69, 9.17) is 4.74 Å². The average molecular weight is 308 g/mol. The second-order valence-corrected chi connectivity index (χ2v) is 5.29. The van der Waals surface area contributed by atoms with Crippen LogP contribution in [-0.2, 0) is 4.74 Å². The van der Waals surface area contributed by atoms with Crippen LogP contribution in [0.1, 0.15) is 23.2 Å². The number of benzene rings is 1. The number of hydrogen-bond donors (Lipinski definition) is 2. The van der Waals surface area contributed by atoms with E-state index >= 15 is 0 Å². The summed E-state index contributed by atoms with van der Waals surface area (Å²) in [6.45, 7) is 5.89. The lowest BCUT2D eigenvalue weighted by atomic mass is 10.2. The molecule has 0 spiro atoms. The van der Waals surface area contributed by atoms with Gasteiger partial charge in [0.2, 0.25) is 0 Å². The van der Waals surface area contributed by atoms with Gasteiger partial charge in [-0.2, -0.15) is 0 Å². The first-order valence-electron chi connectivity index (χ1n) is 7.68. The minimum atomic E-state index is -0.589. The summed E-state index contributed by atoms with van der Waals surface area (Å²) in [5.74, 6) is -0.340. The standard InChI is InChI=1S/C16H24N2O4/c1-21-16(20)15-13(19)5-4-6-14(15)22-12-3-2-9-18-10-7-17-8-11-18/h4-6,17,19H,2-3,7-12H2,1H3. The summed E-state index contributed by atoms with van der Waals surface area (Å²) < 4.78 is 10.3. The Hall–Kier alpha value is -1.79. The summed E-state index contributed by atoms with van der Waals surface area (Å²) in [5.41, 5.74) is 0.0899. The first-order valence-corrected chi connectivity index (χ1v) is 7.68. The number of aromatic hydroxyl groups is 1. The summed E-state index contributed by atoms with van der Waals surface area (Å²) in [4.78, 5) is 14.1. The second-order valence-electron chi connectivity index (χ2n) is 5.29. The zero-order valence-corrected chi connectivity index (χ0v) is 13.0. The number of ether oxygens (including phenoxy) is 2. The molecule has 6 nitrogen and oxygen atoms in total. The predicted octanol–water partition coefficient (Wildman–Crippen LogP) is 1.24. The van der Waals surface area contributed by atoms with Gasteiger partial charge in [0.1, 0.15) is 17.1 Å². The maximum absolute atomic E-state index is 11.7. The first-order chi connectivity index (χ1) is 10.7. The molecule has 0 radical (unpaired) electrons. The molecular weight excluding hydrogens is 284 g/mol. The van der Waals surface area contributed by atoms with Gasteiger partial charge >= 0.3 is 5.97 Å². The number of hydrogen-bond acceptors (Lipinski definition) is 6. The molecule has 1 aliphatic rings. The Morgan fingerprint density at radius 2 is 2.09 bits per heavy atom. The fourth-order valence-electron chi connectivity index (χ4n) is 2.50. The van der Waals surface area contributed by atoms with Crippen molar-refractivity contribution < 1.29 is 19.4 Å². The molecule has 0 amide bonds. The molecule has 0 saturated carbocycles. The lowest BCUT2D eigenvalue weighted by molar-refractivity contribution is 0.0592. The Morgan fingerprint density at radius 3 is 2.82 bits per heavy atom. The normalized spacial score (nSPS) is 15.5. The van der Waals surface area contributed by atoms with Gasteiger partial charge in [-0.15, -0.1) is 0 Å². The lowest BCUT2D eigenvalue weighted by Crippen LogP contribution is -2.43. The molecule has 2 N–H and O–H groups in total. The number of phenolic OH excluding ortho intramolecular Hbond substituents is 1. The molecular formula is C16H24N2O4. The van der Waals surface area contributed by atoms with E-state index in [1.807, 2.05) is 0 Å². The van der Waals surface area contributed by atoms with Crippen molar-refractivity contribution in [2.24, 2.45) is 0 Å². The van der Waals surface area contributed by atoms with Crippen molar-refractivity contribution in [1.82, 2.24) is 10.2 Å². The zero-order chi connectivity index (χ0) is 15.8. The summed E-state index contributed by atoms with van der Waals surface area (Å²) in [7, 11) is 1.28. The van der Waals surface area contributed by atoms with Crippen LogP contribution in [0.4, 0.5) is 0 Å². The van der Waals surface area contributed by atoms with Gasteiger partial charge in [-0.3, -0.25) is 0 Å². The van der Waals surface area contributed by atoms with E-state index in [-0.39, 0.29) is 11.3 Å². The molecule has 2 rings (SSSR count). The Balaban J connectivity index is 1.77. The van der Waals surface area contributed by atoms with Crippen molar-refractivity contribution in [3.8, 4) is 11.5 Å². The van der Waals surface area contributed by atoms with Crippen LogP contribution in [0.2, 0.25) is 0 Å². The molecule has 1 heterocycles. The SMILES string of the molecule is COC(=O)c1c(O)cccc1OCCCCN1CCNCC1. The highest BCUT2D eigenvalue weighted by molar-refractivity contribution is 5.95. The van der Waals surface area contributed by atoms with Gasteiger partial charge in [-0.05, 0) is 31.5 Å². The van der Waals surface area contributed by atoms with E-state index < -0.39 is 5.97 Å². The quantitative estimate of drug-likeness (QED) is 0.583. The van der Waals surface area contributed by atoms with Gasteiger partial charge in [0.25, 0.3) is 0 Å². The Bertz CT molecular complexity index is 487. The predicted molar refractivity (Wildman–Crippen MR) is 83.5 cm³/mol. The van der Waals surface area contributed by atoms with Gasteiger partial charge < -0.3 is 24.8 Å². The fourth-order valence-corrected chi connectivity index (χ4v) is 2.50. The van der Waals surface area contributed by atoms with Gasteiger partial charge in [0, 0.05) is 26.2 Å². The van der Waals surface area contributed by atoms with Crippen molar-refractivity contribution in [2.45, 2.75) is 12.8 Å².